The second kappa shape index (κ2) is 7.42. The van der Waals surface area contributed by atoms with Crippen molar-refractivity contribution in [2.24, 2.45) is 0 Å². The van der Waals surface area contributed by atoms with Gasteiger partial charge in [-0.3, -0.25) is 4.90 Å². The van der Waals surface area contributed by atoms with Crippen molar-refractivity contribution < 1.29 is 17.9 Å². The smallest absolute Gasteiger partial charge is 0.343 e. The van der Waals surface area contributed by atoms with Crippen molar-refractivity contribution in [2.45, 2.75) is 11.4 Å². The Labute approximate surface area is 173 Å². The van der Waals surface area contributed by atoms with E-state index < -0.39 is 16.1 Å². The van der Waals surface area contributed by atoms with Gasteiger partial charge in [-0.25, -0.2) is 13.2 Å². The number of fused-ring (bicyclic) bond motifs is 1. The Hall–Kier alpha value is -3.03. The Bertz CT molecular complexity index is 1160. The van der Waals surface area contributed by atoms with E-state index in [4.69, 9.17) is 16.3 Å². The van der Waals surface area contributed by atoms with E-state index in [1.54, 1.807) is 66.7 Å². The van der Waals surface area contributed by atoms with Gasteiger partial charge in [-0.1, -0.05) is 35.9 Å². The monoisotopic (exact) mass is 428 g/mol. The van der Waals surface area contributed by atoms with Crippen molar-refractivity contribution in [3.05, 3.63) is 83.4 Å². The third-order valence-electron chi connectivity index (χ3n) is 4.64. The third kappa shape index (κ3) is 3.43. The first-order valence-electron chi connectivity index (χ1n) is 8.76. The van der Waals surface area contributed by atoms with E-state index in [2.05, 4.69) is 0 Å². The van der Waals surface area contributed by atoms with E-state index in [1.807, 2.05) is 0 Å². The van der Waals surface area contributed by atoms with Gasteiger partial charge in [0.1, 0.15) is 10.6 Å². The molecule has 0 bridgehead atoms. The molecule has 3 aromatic rings. The van der Waals surface area contributed by atoms with Crippen LogP contribution >= 0.6 is 11.6 Å². The summed E-state index contributed by atoms with van der Waals surface area (Å²) in [5, 5.41) is 0.585. The topological polar surface area (TPSA) is 66.9 Å². The fourth-order valence-corrected chi connectivity index (χ4v) is 4.92. The first-order chi connectivity index (χ1) is 13.9. The van der Waals surface area contributed by atoms with Gasteiger partial charge in [0.05, 0.1) is 25.0 Å². The number of halogens is 1. The third-order valence-corrected chi connectivity index (χ3v) is 6.64. The largest absolute Gasteiger partial charge is 0.497 e. The zero-order valence-electron chi connectivity index (χ0n) is 15.4. The number of methoxy groups -OCH3 is 1. The second-order valence-corrected chi connectivity index (χ2v) is 8.62. The van der Waals surface area contributed by atoms with Crippen LogP contribution in [0.25, 0.3) is 0 Å². The molecule has 0 spiro atoms. The SMILES string of the molecule is COc1ccc(N2C(=O)N(Cc3ccc(Cl)cc3)c3ccccc3S2(=O)=O)cc1. The standard InChI is InChI=1S/C21H17ClN2O4S/c1-28-18-12-10-17(11-13-18)24-21(25)23(14-15-6-8-16(22)9-7-15)19-4-2-3-5-20(19)29(24,26)27/h2-13H,14H2,1H3. The number of urea groups is 1. The van der Waals surface area contributed by atoms with Crippen LogP contribution in [0.1, 0.15) is 5.56 Å². The van der Waals surface area contributed by atoms with Crippen LogP contribution in [0.4, 0.5) is 16.2 Å². The van der Waals surface area contributed by atoms with Crippen LogP contribution in [0.3, 0.4) is 0 Å². The van der Waals surface area contributed by atoms with E-state index in [-0.39, 0.29) is 17.1 Å². The lowest BCUT2D eigenvalue weighted by Crippen LogP contribution is -2.50. The average molecular weight is 429 g/mol. The maximum absolute atomic E-state index is 13.3. The number of carbonyl (C=O) groups excluding carboxylic acids is 1. The molecule has 0 atom stereocenters. The lowest BCUT2D eigenvalue weighted by Gasteiger charge is -2.36. The highest BCUT2D eigenvalue weighted by atomic mass is 35.5. The minimum atomic E-state index is -4.06. The van der Waals surface area contributed by atoms with Crippen molar-refractivity contribution in [1.29, 1.82) is 0 Å². The van der Waals surface area contributed by atoms with Crippen LogP contribution in [-0.2, 0) is 16.6 Å². The predicted octanol–water partition coefficient (Wildman–Crippen LogP) is 4.68. The number of benzene rings is 3. The molecule has 0 N–H and O–H groups in total. The summed E-state index contributed by atoms with van der Waals surface area (Å²) in [5.41, 5.74) is 1.41. The minimum absolute atomic E-state index is 0.0735. The van der Waals surface area contributed by atoms with Crippen molar-refractivity contribution >= 4 is 39.0 Å². The van der Waals surface area contributed by atoms with Crippen LogP contribution in [0.5, 0.6) is 5.75 Å². The highest BCUT2D eigenvalue weighted by Crippen LogP contribution is 2.38. The summed E-state index contributed by atoms with van der Waals surface area (Å²) >= 11 is 5.95. The molecule has 1 heterocycles. The number of nitrogens with zero attached hydrogens (tertiary/aromatic N) is 2. The molecule has 0 aliphatic carbocycles. The molecule has 0 saturated heterocycles. The number of ether oxygens (including phenoxy) is 1. The number of rotatable bonds is 4. The summed E-state index contributed by atoms with van der Waals surface area (Å²) in [4.78, 5) is 14.9. The molecule has 1 aliphatic heterocycles. The number of hydrogen-bond donors (Lipinski definition) is 0. The van der Waals surface area contributed by atoms with Gasteiger partial charge in [0.25, 0.3) is 10.0 Å². The molecule has 0 aromatic heterocycles. The van der Waals surface area contributed by atoms with E-state index in [9.17, 15) is 13.2 Å². The second-order valence-electron chi connectivity index (χ2n) is 6.43. The molecule has 6 nitrogen and oxygen atoms in total. The van der Waals surface area contributed by atoms with E-state index in [0.29, 0.717) is 16.5 Å². The van der Waals surface area contributed by atoms with Crippen LogP contribution in [0, 0.1) is 0 Å². The summed E-state index contributed by atoms with van der Waals surface area (Å²) in [6.07, 6.45) is 0. The minimum Gasteiger partial charge on any atom is -0.497 e. The molecular formula is C21H17ClN2O4S. The maximum Gasteiger partial charge on any atom is 0.343 e. The fraction of sp³-hybridized carbons (Fsp3) is 0.0952. The van der Waals surface area contributed by atoms with E-state index in [1.165, 1.54) is 18.1 Å². The van der Waals surface area contributed by atoms with Gasteiger partial charge in [-0.05, 0) is 54.1 Å². The Morgan fingerprint density at radius 2 is 1.59 bits per heavy atom. The molecule has 0 radical (unpaired) electrons. The average Bonchev–Trinajstić information content (AvgIpc) is 2.73. The van der Waals surface area contributed by atoms with Crippen LogP contribution in [0.15, 0.2) is 77.7 Å². The van der Waals surface area contributed by atoms with Gasteiger partial charge in [0.2, 0.25) is 0 Å². The number of anilines is 2. The van der Waals surface area contributed by atoms with Gasteiger partial charge < -0.3 is 4.74 Å². The Balaban J connectivity index is 1.83. The Kier molecular flexibility index (Phi) is 4.94. The lowest BCUT2D eigenvalue weighted by atomic mass is 10.2. The molecule has 0 unspecified atom stereocenters. The number of para-hydroxylation sites is 1. The van der Waals surface area contributed by atoms with Gasteiger partial charge in [-0.2, -0.15) is 4.31 Å². The summed E-state index contributed by atoms with van der Waals surface area (Å²) in [6.45, 7) is 0.204. The van der Waals surface area contributed by atoms with Gasteiger partial charge >= 0.3 is 6.03 Å². The van der Waals surface area contributed by atoms with Crippen LogP contribution in [-0.4, -0.2) is 21.6 Å². The van der Waals surface area contributed by atoms with Crippen molar-refractivity contribution in [2.75, 3.05) is 16.3 Å². The van der Waals surface area contributed by atoms with Crippen LogP contribution in [0.2, 0.25) is 5.02 Å². The first-order valence-corrected chi connectivity index (χ1v) is 10.6. The molecule has 0 fully saturated rings. The highest BCUT2D eigenvalue weighted by molar-refractivity contribution is 7.94. The zero-order valence-corrected chi connectivity index (χ0v) is 17.0. The van der Waals surface area contributed by atoms with E-state index in [0.717, 1.165) is 9.87 Å². The molecule has 29 heavy (non-hydrogen) atoms. The molecule has 148 valence electrons. The molecular weight excluding hydrogens is 412 g/mol. The zero-order chi connectivity index (χ0) is 20.6. The lowest BCUT2D eigenvalue weighted by molar-refractivity contribution is 0.253. The highest BCUT2D eigenvalue weighted by Gasteiger charge is 2.42. The molecule has 1 aliphatic rings. The number of sulfonamides is 1. The van der Waals surface area contributed by atoms with Crippen molar-refractivity contribution in [3.8, 4) is 5.75 Å². The number of hydrogen-bond acceptors (Lipinski definition) is 4. The Morgan fingerprint density at radius 3 is 2.24 bits per heavy atom. The number of amides is 2. The van der Waals surface area contributed by atoms with Crippen molar-refractivity contribution in [3.63, 3.8) is 0 Å². The normalized spacial score (nSPS) is 15.2. The van der Waals surface area contributed by atoms with Gasteiger partial charge in [0, 0.05) is 5.02 Å². The fourth-order valence-electron chi connectivity index (χ4n) is 3.20. The van der Waals surface area contributed by atoms with Crippen LogP contribution < -0.4 is 13.9 Å². The quantitative estimate of drug-likeness (QED) is 0.605. The Morgan fingerprint density at radius 1 is 0.931 bits per heavy atom. The molecule has 2 amide bonds. The summed E-state index contributed by atoms with van der Waals surface area (Å²) in [7, 11) is -2.54. The molecule has 0 saturated carbocycles. The molecule has 3 aromatic carbocycles. The van der Waals surface area contributed by atoms with E-state index >= 15 is 0 Å². The van der Waals surface area contributed by atoms with Gasteiger partial charge in [0.15, 0.2) is 0 Å². The first kappa shape index (κ1) is 19.3. The summed E-state index contributed by atoms with van der Waals surface area (Å²) in [5.74, 6) is 0.564. The molecule has 8 heteroatoms. The predicted molar refractivity (Wildman–Crippen MR) is 112 cm³/mol. The number of carbonyl (C=O) groups is 1. The van der Waals surface area contributed by atoms with Crippen molar-refractivity contribution in [1.82, 2.24) is 0 Å². The summed E-state index contributed by atoms with van der Waals surface area (Å²) in [6, 6.07) is 19.2. The molecule has 4 rings (SSSR count). The van der Waals surface area contributed by atoms with Gasteiger partial charge in [-0.15, -0.1) is 0 Å². The summed E-state index contributed by atoms with van der Waals surface area (Å²) < 4.78 is 32.4. The maximum atomic E-state index is 13.3.